The van der Waals surface area contributed by atoms with Gasteiger partial charge in [-0.15, -0.1) is 0 Å². The quantitative estimate of drug-likeness (QED) is 0.380. The first kappa shape index (κ1) is 20.2. The minimum absolute atomic E-state index is 0.654. The SMILES string of the molecule is N#Cc1ccc(NC(=S)CCCCCCCOc2ccc(Cl)cc2)cc1. The van der Waals surface area contributed by atoms with E-state index in [1.54, 1.807) is 12.1 Å². The largest absolute Gasteiger partial charge is 0.494 e. The summed E-state index contributed by atoms with van der Waals surface area (Å²) in [6, 6.07) is 16.9. The number of thiocarbonyl (C=S) groups is 1. The van der Waals surface area contributed by atoms with Crippen molar-refractivity contribution in [3.63, 3.8) is 0 Å². The molecule has 26 heavy (non-hydrogen) atoms. The van der Waals surface area contributed by atoms with Gasteiger partial charge in [0.05, 0.1) is 23.2 Å². The minimum Gasteiger partial charge on any atom is -0.494 e. The number of rotatable bonds is 10. The van der Waals surface area contributed by atoms with Crippen molar-refractivity contribution in [3.8, 4) is 11.8 Å². The highest BCUT2D eigenvalue weighted by Gasteiger charge is 2.00. The highest BCUT2D eigenvalue weighted by atomic mass is 35.5. The molecule has 0 fully saturated rings. The predicted octanol–water partition coefficient (Wildman–Crippen LogP) is 6.37. The van der Waals surface area contributed by atoms with Gasteiger partial charge in [0.2, 0.25) is 0 Å². The molecule has 3 nitrogen and oxygen atoms in total. The van der Waals surface area contributed by atoms with E-state index < -0.39 is 0 Å². The third-order valence-corrected chi connectivity index (χ3v) is 4.49. The number of nitrogens with zero attached hydrogens (tertiary/aromatic N) is 1. The molecule has 0 saturated heterocycles. The molecule has 0 aliphatic carbocycles. The molecule has 0 amide bonds. The van der Waals surface area contributed by atoms with E-state index in [-0.39, 0.29) is 0 Å². The molecule has 0 radical (unpaired) electrons. The van der Waals surface area contributed by atoms with Gasteiger partial charge in [0, 0.05) is 10.7 Å². The van der Waals surface area contributed by atoms with Crippen LogP contribution in [0, 0.1) is 11.3 Å². The van der Waals surface area contributed by atoms with Gasteiger partial charge in [-0.25, -0.2) is 0 Å². The summed E-state index contributed by atoms with van der Waals surface area (Å²) in [7, 11) is 0. The van der Waals surface area contributed by atoms with Crippen LogP contribution in [-0.2, 0) is 0 Å². The molecular formula is C21H23ClN2OS. The lowest BCUT2D eigenvalue weighted by Crippen LogP contribution is -2.08. The van der Waals surface area contributed by atoms with E-state index in [4.69, 9.17) is 33.8 Å². The van der Waals surface area contributed by atoms with Gasteiger partial charge < -0.3 is 10.1 Å². The molecule has 0 unspecified atom stereocenters. The maximum absolute atomic E-state index is 8.79. The van der Waals surface area contributed by atoms with E-state index in [1.807, 2.05) is 36.4 Å². The summed E-state index contributed by atoms with van der Waals surface area (Å²) in [6.45, 7) is 0.736. The fourth-order valence-corrected chi connectivity index (χ4v) is 2.88. The maximum atomic E-state index is 8.79. The number of nitrogens with one attached hydrogen (secondary N) is 1. The zero-order valence-corrected chi connectivity index (χ0v) is 16.3. The van der Waals surface area contributed by atoms with E-state index in [0.29, 0.717) is 5.56 Å². The molecule has 0 atom stereocenters. The van der Waals surface area contributed by atoms with Crippen LogP contribution in [-0.4, -0.2) is 11.6 Å². The Bertz CT molecular complexity index is 723. The summed E-state index contributed by atoms with van der Waals surface area (Å²) in [5.41, 5.74) is 1.59. The molecule has 5 heteroatoms. The second kappa shape index (κ2) is 11.5. The summed E-state index contributed by atoms with van der Waals surface area (Å²) >= 11 is 11.2. The third kappa shape index (κ3) is 7.86. The van der Waals surface area contributed by atoms with Gasteiger partial charge in [0.15, 0.2) is 0 Å². The number of ether oxygens (including phenoxy) is 1. The molecule has 0 bridgehead atoms. The van der Waals surface area contributed by atoms with Crippen molar-refractivity contribution in [3.05, 3.63) is 59.1 Å². The van der Waals surface area contributed by atoms with E-state index in [2.05, 4.69) is 11.4 Å². The minimum atomic E-state index is 0.654. The van der Waals surface area contributed by atoms with E-state index in [1.165, 1.54) is 6.42 Å². The summed E-state index contributed by atoms with van der Waals surface area (Å²) in [5.74, 6) is 0.869. The number of hydrogen-bond donors (Lipinski definition) is 1. The number of benzene rings is 2. The zero-order valence-electron chi connectivity index (χ0n) is 14.7. The van der Waals surface area contributed by atoms with Crippen molar-refractivity contribution in [2.45, 2.75) is 38.5 Å². The number of nitriles is 1. The Kier molecular flexibility index (Phi) is 8.95. The molecule has 0 aromatic heterocycles. The Morgan fingerprint density at radius 3 is 2.31 bits per heavy atom. The van der Waals surface area contributed by atoms with Crippen LogP contribution in [0.4, 0.5) is 5.69 Å². The summed E-state index contributed by atoms with van der Waals surface area (Å²) in [5, 5.41) is 12.7. The van der Waals surface area contributed by atoms with Crippen molar-refractivity contribution in [1.82, 2.24) is 0 Å². The predicted molar refractivity (Wildman–Crippen MR) is 112 cm³/mol. The van der Waals surface area contributed by atoms with Crippen LogP contribution >= 0.6 is 23.8 Å². The summed E-state index contributed by atoms with van der Waals surface area (Å²) in [6.07, 6.45) is 6.52. The van der Waals surface area contributed by atoms with Crippen LogP contribution in [0.2, 0.25) is 5.02 Å². The standard InChI is InChI=1S/C21H23ClN2OS/c22-18-9-13-20(14-10-18)25-15-5-3-1-2-4-6-21(26)24-19-11-7-17(16-23)8-12-19/h7-14H,1-6,15H2,(H,24,26). The average molecular weight is 387 g/mol. The Morgan fingerprint density at radius 1 is 0.962 bits per heavy atom. The van der Waals surface area contributed by atoms with Gasteiger partial charge in [-0.2, -0.15) is 5.26 Å². The molecule has 0 saturated carbocycles. The Labute approximate surface area is 165 Å². The van der Waals surface area contributed by atoms with Gasteiger partial charge in [-0.1, -0.05) is 43.1 Å². The second-order valence-electron chi connectivity index (χ2n) is 6.06. The average Bonchev–Trinajstić information content (AvgIpc) is 2.66. The van der Waals surface area contributed by atoms with Gasteiger partial charge in [0.1, 0.15) is 5.75 Å². The second-order valence-corrected chi connectivity index (χ2v) is 6.99. The molecule has 2 aromatic carbocycles. The van der Waals surface area contributed by atoms with Crippen LogP contribution in [0.5, 0.6) is 5.75 Å². The van der Waals surface area contributed by atoms with Gasteiger partial charge in [-0.3, -0.25) is 0 Å². The van der Waals surface area contributed by atoms with Crippen LogP contribution in [0.1, 0.15) is 44.1 Å². The number of halogens is 1. The van der Waals surface area contributed by atoms with Crippen LogP contribution < -0.4 is 10.1 Å². The van der Waals surface area contributed by atoms with Crippen molar-refractivity contribution in [1.29, 1.82) is 5.26 Å². The molecular weight excluding hydrogens is 364 g/mol. The van der Waals surface area contributed by atoms with Crippen molar-refractivity contribution < 1.29 is 4.74 Å². The smallest absolute Gasteiger partial charge is 0.119 e. The van der Waals surface area contributed by atoms with Gasteiger partial charge in [-0.05, 0) is 67.8 Å². The van der Waals surface area contributed by atoms with Crippen LogP contribution in [0.15, 0.2) is 48.5 Å². The topological polar surface area (TPSA) is 45.0 Å². The van der Waals surface area contributed by atoms with Crippen molar-refractivity contribution in [2.24, 2.45) is 0 Å². The fourth-order valence-electron chi connectivity index (χ4n) is 2.49. The maximum Gasteiger partial charge on any atom is 0.119 e. The molecule has 0 spiro atoms. The first-order valence-electron chi connectivity index (χ1n) is 8.86. The first-order chi connectivity index (χ1) is 12.7. The van der Waals surface area contributed by atoms with Crippen LogP contribution in [0.3, 0.4) is 0 Å². The highest BCUT2D eigenvalue weighted by molar-refractivity contribution is 7.80. The van der Waals surface area contributed by atoms with Crippen LogP contribution in [0.25, 0.3) is 0 Å². The molecule has 2 aromatic rings. The number of hydrogen-bond acceptors (Lipinski definition) is 3. The molecule has 136 valence electrons. The normalized spacial score (nSPS) is 10.2. The highest BCUT2D eigenvalue weighted by Crippen LogP contribution is 2.16. The van der Waals surface area contributed by atoms with E-state index in [9.17, 15) is 0 Å². The molecule has 0 aliphatic heterocycles. The first-order valence-corrected chi connectivity index (χ1v) is 9.64. The molecule has 0 aliphatic rings. The molecule has 1 N–H and O–H groups in total. The third-order valence-electron chi connectivity index (χ3n) is 3.93. The summed E-state index contributed by atoms with van der Waals surface area (Å²) < 4.78 is 5.68. The Morgan fingerprint density at radius 2 is 1.62 bits per heavy atom. The van der Waals surface area contributed by atoms with Crippen molar-refractivity contribution >= 4 is 34.5 Å². The lowest BCUT2D eigenvalue weighted by Gasteiger charge is -2.08. The molecule has 2 rings (SSSR count). The zero-order chi connectivity index (χ0) is 18.6. The molecule has 0 heterocycles. The monoisotopic (exact) mass is 386 g/mol. The number of anilines is 1. The summed E-state index contributed by atoms with van der Waals surface area (Å²) in [4.78, 5) is 0.848. The fraction of sp³-hybridized carbons (Fsp3) is 0.333. The van der Waals surface area contributed by atoms with E-state index >= 15 is 0 Å². The Hall–Kier alpha value is -2.09. The lowest BCUT2D eigenvalue weighted by molar-refractivity contribution is 0.304. The Balaban J connectivity index is 1.48. The van der Waals surface area contributed by atoms with Gasteiger partial charge >= 0.3 is 0 Å². The van der Waals surface area contributed by atoms with E-state index in [0.717, 1.165) is 60.2 Å². The number of unbranched alkanes of at least 4 members (excludes halogenated alkanes) is 4. The lowest BCUT2D eigenvalue weighted by atomic mass is 10.1. The van der Waals surface area contributed by atoms with Gasteiger partial charge in [0.25, 0.3) is 0 Å². The van der Waals surface area contributed by atoms with Crippen molar-refractivity contribution in [2.75, 3.05) is 11.9 Å².